The molecule has 0 aromatic heterocycles. The van der Waals surface area contributed by atoms with E-state index in [2.05, 4.69) is 0 Å². The van der Waals surface area contributed by atoms with Crippen molar-refractivity contribution in [2.45, 2.75) is 32.1 Å². The lowest BCUT2D eigenvalue weighted by molar-refractivity contribution is 0.671. The molecule has 0 rings (SSSR count). The maximum absolute atomic E-state index is 11.3. The molecule has 0 heterocycles. The Morgan fingerprint density at radius 1 is 0.706 bits per heavy atom. The minimum Gasteiger partial charge on any atom is -0.260 e. The van der Waals surface area contributed by atoms with Gasteiger partial charge in [-0.2, -0.15) is 10.5 Å². The van der Waals surface area contributed by atoms with E-state index in [-0.39, 0.29) is 0 Å². The predicted octanol–water partition coefficient (Wildman–Crippen LogP) is 1.48. The maximum Gasteiger partial charge on any atom is 0.0631 e. The highest BCUT2D eigenvalue weighted by Crippen LogP contribution is 2.01. The van der Waals surface area contributed by atoms with Crippen LogP contribution in [0.4, 0.5) is 0 Å². The van der Waals surface area contributed by atoms with E-state index in [1.807, 2.05) is 12.1 Å². The molecule has 0 saturated heterocycles. The number of rotatable bonds is 10. The van der Waals surface area contributed by atoms with Crippen molar-refractivity contribution in [2.75, 3.05) is 23.0 Å². The van der Waals surface area contributed by atoms with E-state index in [1.54, 1.807) is 0 Å². The summed E-state index contributed by atoms with van der Waals surface area (Å²) in [6.45, 7) is 0. The van der Waals surface area contributed by atoms with Crippen LogP contribution in [0.1, 0.15) is 32.1 Å². The fourth-order valence-electron chi connectivity index (χ4n) is 1.23. The molecule has 96 valence electrons. The Morgan fingerprint density at radius 3 is 1.47 bits per heavy atom. The summed E-state index contributed by atoms with van der Waals surface area (Å²) in [5.41, 5.74) is 0. The van der Waals surface area contributed by atoms with Crippen LogP contribution in [0.25, 0.3) is 0 Å². The summed E-state index contributed by atoms with van der Waals surface area (Å²) in [5.74, 6) is 2.19. The molecule has 6 heteroatoms. The highest BCUT2D eigenvalue weighted by molar-refractivity contribution is 7.85. The van der Waals surface area contributed by atoms with Crippen LogP contribution >= 0.6 is 0 Å². The maximum atomic E-state index is 11.3. The molecule has 0 fully saturated rings. The molecule has 0 N–H and O–H groups in total. The van der Waals surface area contributed by atoms with Crippen molar-refractivity contribution in [1.82, 2.24) is 0 Å². The molecule has 0 aliphatic rings. The van der Waals surface area contributed by atoms with Gasteiger partial charge in [-0.25, -0.2) is 0 Å². The molecule has 2 atom stereocenters. The summed E-state index contributed by atoms with van der Waals surface area (Å²) in [7, 11) is -1.76. The van der Waals surface area contributed by atoms with Crippen LogP contribution in [0.15, 0.2) is 0 Å². The van der Waals surface area contributed by atoms with Crippen LogP contribution in [0, 0.1) is 22.7 Å². The molecule has 0 amide bonds. The topological polar surface area (TPSA) is 81.7 Å². The monoisotopic (exact) mass is 274 g/mol. The lowest BCUT2D eigenvalue weighted by Gasteiger charge is -2.01. The average molecular weight is 274 g/mol. The van der Waals surface area contributed by atoms with Crippen LogP contribution in [0.2, 0.25) is 0 Å². The molecule has 0 aliphatic carbocycles. The van der Waals surface area contributed by atoms with Crippen molar-refractivity contribution < 1.29 is 8.42 Å². The summed E-state index contributed by atoms with van der Waals surface area (Å²) in [4.78, 5) is 0. The second kappa shape index (κ2) is 11.8. The first kappa shape index (κ1) is 16.3. The van der Waals surface area contributed by atoms with Crippen molar-refractivity contribution in [3.63, 3.8) is 0 Å². The van der Waals surface area contributed by atoms with E-state index in [9.17, 15) is 8.42 Å². The quantitative estimate of drug-likeness (QED) is 0.565. The van der Waals surface area contributed by atoms with Crippen LogP contribution in [-0.2, 0) is 21.6 Å². The predicted molar refractivity (Wildman–Crippen MR) is 70.1 cm³/mol. The van der Waals surface area contributed by atoms with E-state index < -0.39 is 21.6 Å². The van der Waals surface area contributed by atoms with Crippen molar-refractivity contribution in [3.05, 3.63) is 0 Å². The molecule has 17 heavy (non-hydrogen) atoms. The zero-order chi connectivity index (χ0) is 12.9. The molecule has 0 aromatic carbocycles. The number of nitrogens with zero attached hydrogens (tertiary/aromatic N) is 2. The molecule has 0 bridgehead atoms. The highest BCUT2D eigenvalue weighted by atomic mass is 32.2. The van der Waals surface area contributed by atoms with Crippen LogP contribution in [-0.4, -0.2) is 31.4 Å². The minimum absolute atomic E-state index is 0.352. The van der Waals surface area contributed by atoms with E-state index >= 15 is 0 Å². The Hall–Kier alpha value is -0.720. The Labute approximate surface area is 108 Å². The fraction of sp³-hybridized carbons (Fsp3) is 0.818. The second-order valence-electron chi connectivity index (χ2n) is 3.57. The van der Waals surface area contributed by atoms with Crippen LogP contribution in [0.3, 0.4) is 0 Å². The number of unbranched alkanes of at least 4 members (excludes halogenated alkanes) is 2. The first-order chi connectivity index (χ1) is 8.20. The smallest absolute Gasteiger partial charge is 0.0631 e. The van der Waals surface area contributed by atoms with Gasteiger partial charge in [0.15, 0.2) is 0 Å². The summed E-state index contributed by atoms with van der Waals surface area (Å²) in [6, 6.07) is 3.95. The largest absolute Gasteiger partial charge is 0.260 e. The Morgan fingerprint density at radius 2 is 1.12 bits per heavy atom. The van der Waals surface area contributed by atoms with Gasteiger partial charge >= 0.3 is 0 Å². The van der Waals surface area contributed by atoms with Crippen molar-refractivity contribution >= 4 is 21.6 Å². The van der Waals surface area contributed by atoms with Gasteiger partial charge in [0.1, 0.15) is 0 Å². The average Bonchev–Trinajstić information content (AvgIpc) is 2.33. The summed E-state index contributed by atoms with van der Waals surface area (Å²) >= 11 is 0. The lowest BCUT2D eigenvalue weighted by atomic mass is 10.3. The summed E-state index contributed by atoms with van der Waals surface area (Å²) in [6.07, 6.45) is 3.33. The van der Waals surface area contributed by atoms with Gasteiger partial charge in [0.2, 0.25) is 0 Å². The van der Waals surface area contributed by atoms with E-state index in [4.69, 9.17) is 10.5 Å². The van der Waals surface area contributed by atoms with E-state index in [0.717, 1.165) is 19.3 Å². The second-order valence-corrected chi connectivity index (χ2v) is 6.97. The van der Waals surface area contributed by atoms with Crippen molar-refractivity contribution in [2.24, 2.45) is 0 Å². The van der Waals surface area contributed by atoms with Gasteiger partial charge in [0, 0.05) is 57.5 Å². The molecule has 0 spiro atoms. The third kappa shape index (κ3) is 11.5. The fourth-order valence-corrected chi connectivity index (χ4v) is 3.32. The summed E-state index contributed by atoms with van der Waals surface area (Å²) < 4.78 is 22.6. The zero-order valence-corrected chi connectivity index (χ0v) is 11.5. The van der Waals surface area contributed by atoms with Gasteiger partial charge in [-0.1, -0.05) is 6.42 Å². The zero-order valence-electron chi connectivity index (χ0n) is 9.89. The molecule has 0 aliphatic heterocycles. The van der Waals surface area contributed by atoms with Gasteiger partial charge in [-0.15, -0.1) is 0 Å². The SMILES string of the molecule is N#CCCS(=O)CCCCCS(=O)CCC#N. The van der Waals surface area contributed by atoms with Gasteiger partial charge in [-0.3, -0.25) is 8.42 Å². The van der Waals surface area contributed by atoms with Gasteiger partial charge in [0.05, 0.1) is 12.1 Å². The highest BCUT2D eigenvalue weighted by Gasteiger charge is 2.01. The first-order valence-electron chi connectivity index (χ1n) is 5.64. The molecule has 0 saturated carbocycles. The van der Waals surface area contributed by atoms with Crippen LogP contribution in [0.5, 0.6) is 0 Å². The van der Waals surface area contributed by atoms with E-state index in [1.165, 1.54) is 0 Å². The van der Waals surface area contributed by atoms with Crippen molar-refractivity contribution in [1.29, 1.82) is 10.5 Å². The van der Waals surface area contributed by atoms with Gasteiger partial charge in [-0.05, 0) is 12.8 Å². The molecule has 0 aromatic rings. The van der Waals surface area contributed by atoms with Gasteiger partial charge < -0.3 is 0 Å². The van der Waals surface area contributed by atoms with E-state index in [0.29, 0.717) is 35.9 Å². The number of nitriles is 2. The Bertz CT molecular complexity index is 299. The summed E-state index contributed by atoms with van der Waals surface area (Å²) in [5, 5.41) is 16.6. The molecule has 4 nitrogen and oxygen atoms in total. The molecule has 0 radical (unpaired) electrons. The van der Waals surface area contributed by atoms with Gasteiger partial charge in [0.25, 0.3) is 0 Å². The molecule has 2 unspecified atom stereocenters. The van der Waals surface area contributed by atoms with Crippen molar-refractivity contribution in [3.8, 4) is 12.1 Å². The third-order valence-electron chi connectivity index (χ3n) is 2.13. The first-order valence-corrected chi connectivity index (χ1v) is 8.62. The number of hydrogen-bond acceptors (Lipinski definition) is 4. The lowest BCUT2D eigenvalue weighted by Crippen LogP contribution is -2.04. The Kier molecular flexibility index (Phi) is 11.3. The molecular formula is C11H18N2O2S2. The standard InChI is InChI=1S/C11H18N2O2S2/c12-6-4-10-16(14)8-2-1-3-9-17(15)11-5-7-13/h1-5,8-11H2. The molecular weight excluding hydrogens is 256 g/mol. The number of hydrogen-bond donors (Lipinski definition) is 0. The van der Waals surface area contributed by atoms with Crippen LogP contribution < -0.4 is 0 Å². The normalized spacial score (nSPS) is 13.5. The minimum atomic E-state index is -0.880. The third-order valence-corrected chi connectivity index (χ3v) is 4.93. The Balaban J connectivity index is 3.35.